The highest BCUT2D eigenvalue weighted by Gasteiger charge is 2.28. The molecule has 2 N–H and O–H groups in total. The Hall–Kier alpha value is -3.24. The van der Waals surface area contributed by atoms with Crippen LogP contribution in [-0.2, 0) is 11.3 Å². The minimum atomic E-state index is -0.458. The van der Waals surface area contributed by atoms with Crippen molar-refractivity contribution in [1.82, 2.24) is 15.2 Å². The molecule has 1 aromatic heterocycles. The number of benzene rings is 2. The van der Waals surface area contributed by atoms with Crippen molar-refractivity contribution < 1.29 is 19.4 Å². The van der Waals surface area contributed by atoms with E-state index in [2.05, 4.69) is 16.6 Å². The predicted octanol–water partition coefficient (Wildman–Crippen LogP) is 4.57. The number of piperidine rings is 1. The molecule has 39 heavy (non-hydrogen) atoms. The SMILES string of the molecule is O=C(NCCOC(=O)N(c1ccccc1-c1ccccc1)N1CC[CH]CC1)c1ccc(CN2CCC(O)C2)s1. The lowest BCUT2D eigenvalue weighted by Crippen LogP contribution is -2.50. The number of β-amino-alcohol motifs (C(OH)–C–C–N with tert-alkyl or cyclic N) is 1. The van der Waals surface area contributed by atoms with Crippen molar-refractivity contribution in [2.24, 2.45) is 0 Å². The van der Waals surface area contributed by atoms with Gasteiger partial charge in [0.2, 0.25) is 0 Å². The lowest BCUT2D eigenvalue weighted by atomic mass is 10.0. The van der Waals surface area contributed by atoms with E-state index in [9.17, 15) is 14.7 Å². The predicted molar refractivity (Wildman–Crippen MR) is 153 cm³/mol. The number of carbonyl (C=O) groups excluding carboxylic acids is 2. The minimum Gasteiger partial charge on any atom is -0.446 e. The van der Waals surface area contributed by atoms with Crippen LogP contribution < -0.4 is 10.3 Å². The van der Waals surface area contributed by atoms with E-state index in [1.807, 2.05) is 71.7 Å². The molecule has 0 saturated carbocycles. The maximum atomic E-state index is 13.5. The minimum absolute atomic E-state index is 0.0679. The monoisotopic (exact) mass is 547 g/mol. The van der Waals surface area contributed by atoms with Gasteiger partial charge in [0.25, 0.3) is 5.91 Å². The molecule has 0 bridgehead atoms. The van der Waals surface area contributed by atoms with E-state index in [-0.39, 0.29) is 25.2 Å². The number of hydrazine groups is 1. The molecule has 0 spiro atoms. The van der Waals surface area contributed by atoms with Crippen LogP contribution in [0.15, 0.2) is 66.7 Å². The number of hydrogen-bond donors (Lipinski definition) is 2. The first-order valence-electron chi connectivity index (χ1n) is 13.5. The van der Waals surface area contributed by atoms with E-state index in [4.69, 9.17) is 4.74 Å². The molecule has 8 nitrogen and oxygen atoms in total. The van der Waals surface area contributed by atoms with Crippen molar-refractivity contribution in [1.29, 1.82) is 0 Å². The Bertz CT molecular complexity index is 1240. The van der Waals surface area contributed by atoms with Gasteiger partial charge in [-0.3, -0.25) is 9.69 Å². The van der Waals surface area contributed by atoms with Gasteiger partial charge in [0.15, 0.2) is 0 Å². The van der Waals surface area contributed by atoms with Gasteiger partial charge in [0.05, 0.1) is 23.2 Å². The molecule has 1 unspecified atom stereocenters. The molecular formula is C30H35N4O4S. The summed E-state index contributed by atoms with van der Waals surface area (Å²) < 4.78 is 5.69. The Balaban J connectivity index is 1.19. The molecule has 2 aliphatic rings. The van der Waals surface area contributed by atoms with Gasteiger partial charge in [-0.15, -0.1) is 11.3 Å². The number of likely N-dealkylation sites (tertiary alicyclic amines) is 1. The molecule has 5 rings (SSSR count). The Morgan fingerprint density at radius 3 is 2.54 bits per heavy atom. The van der Waals surface area contributed by atoms with Crippen LogP contribution in [0.3, 0.4) is 0 Å². The molecule has 2 saturated heterocycles. The third-order valence-electron chi connectivity index (χ3n) is 6.98. The molecule has 2 fully saturated rings. The fourth-order valence-corrected chi connectivity index (χ4v) is 6.00. The summed E-state index contributed by atoms with van der Waals surface area (Å²) in [5.41, 5.74) is 2.75. The molecule has 2 amide bonds. The third-order valence-corrected chi connectivity index (χ3v) is 8.05. The summed E-state index contributed by atoms with van der Waals surface area (Å²) in [6.07, 6.45) is 4.11. The van der Waals surface area contributed by atoms with E-state index < -0.39 is 6.09 Å². The average Bonchev–Trinajstić information content (AvgIpc) is 3.61. The van der Waals surface area contributed by atoms with Crippen molar-refractivity contribution in [3.8, 4) is 11.1 Å². The highest BCUT2D eigenvalue weighted by Crippen LogP contribution is 2.33. The second-order valence-electron chi connectivity index (χ2n) is 9.83. The summed E-state index contributed by atoms with van der Waals surface area (Å²) in [6, 6.07) is 21.7. The first kappa shape index (κ1) is 27.3. The number of aliphatic hydroxyl groups is 1. The number of anilines is 1. The maximum Gasteiger partial charge on any atom is 0.429 e. The standard InChI is InChI=1S/C30H35N4O4S/c35-24-15-19-32(21-24)22-25-13-14-28(39-25)29(36)31-16-20-38-30(37)34(33-17-7-2-8-18-33)27-12-6-5-11-26(27)23-9-3-1-4-10-23/h1-6,9-14,24,35H,7-8,15-22H2,(H,31,36). The molecular weight excluding hydrogens is 512 g/mol. The zero-order valence-electron chi connectivity index (χ0n) is 22.0. The largest absolute Gasteiger partial charge is 0.446 e. The Morgan fingerprint density at radius 2 is 1.77 bits per heavy atom. The summed E-state index contributed by atoms with van der Waals surface area (Å²) in [6.45, 7) is 4.03. The normalized spacial score (nSPS) is 18.1. The van der Waals surface area contributed by atoms with E-state index in [0.29, 0.717) is 11.4 Å². The number of nitrogens with one attached hydrogen (secondary N) is 1. The number of aliphatic hydroxyl groups excluding tert-OH is 1. The van der Waals surface area contributed by atoms with Crippen molar-refractivity contribution in [2.45, 2.75) is 31.9 Å². The molecule has 2 aromatic carbocycles. The van der Waals surface area contributed by atoms with E-state index in [1.54, 1.807) is 5.01 Å². The van der Waals surface area contributed by atoms with Gasteiger partial charge < -0.3 is 15.2 Å². The van der Waals surface area contributed by atoms with Gasteiger partial charge >= 0.3 is 6.09 Å². The lowest BCUT2D eigenvalue weighted by molar-refractivity contribution is 0.0931. The van der Waals surface area contributed by atoms with Crippen LogP contribution >= 0.6 is 11.3 Å². The average molecular weight is 548 g/mol. The maximum absolute atomic E-state index is 13.5. The lowest BCUT2D eigenvalue weighted by Gasteiger charge is -2.37. The van der Waals surface area contributed by atoms with Crippen LogP contribution in [0, 0.1) is 6.42 Å². The number of hydrogen-bond acceptors (Lipinski definition) is 7. The Kier molecular flexibility index (Phi) is 9.26. The van der Waals surface area contributed by atoms with Crippen LogP contribution in [-0.4, -0.2) is 72.5 Å². The molecule has 1 radical (unpaired) electrons. The van der Waals surface area contributed by atoms with Gasteiger partial charge in [-0.2, -0.15) is 0 Å². The number of thiophene rings is 1. The van der Waals surface area contributed by atoms with Crippen molar-refractivity contribution in [2.75, 3.05) is 44.3 Å². The summed E-state index contributed by atoms with van der Waals surface area (Å²) in [5.74, 6) is -0.179. The number of rotatable bonds is 9. The molecule has 0 aliphatic carbocycles. The van der Waals surface area contributed by atoms with Crippen LogP contribution in [0.2, 0.25) is 0 Å². The zero-order valence-corrected chi connectivity index (χ0v) is 22.8. The van der Waals surface area contributed by atoms with Gasteiger partial charge in [-0.05, 0) is 49.4 Å². The smallest absolute Gasteiger partial charge is 0.429 e. The Labute approximate surface area is 233 Å². The van der Waals surface area contributed by atoms with Gasteiger partial charge in [0, 0.05) is 43.2 Å². The fourth-order valence-electron chi connectivity index (χ4n) is 5.04. The van der Waals surface area contributed by atoms with Crippen LogP contribution in [0.25, 0.3) is 11.1 Å². The topological polar surface area (TPSA) is 85.4 Å². The van der Waals surface area contributed by atoms with Gasteiger partial charge in [0.1, 0.15) is 6.61 Å². The third kappa shape index (κ3) is 7.05. The number of amides is 2. The van der Waals surface area contributed by atoms with Crippen LogP contribution in [0.4, 0.5) is 10.5 Å². The molecule has 2 aliphatic heterocycles. The first-order chi connectivity index (χ1) is 19.1. The fraction of sp³-hybridized carbons (Fsp3) is 0.367. The summed E-state index contributed by atoms with van der Waals surface area (Å²) in [7, 11) is 0. The second-order valence-corrected chi connectivity index (χ2v) is 11.0. The van der Waals surface area contributed by atoms with E-state index in [0.717, 1.165) is 67.1 Å². The molecule has 205 valence electrons. The summed E-state index contributed by atoms with van der Waals surface area (Å²) in [4.78, 5) is 30.0. The first-order valence-corrected chi connectivity index (χ1v) is 14.4. The highest BCUT2D eigenvalue weighted by atomic mass is 32.1. The summed E-state index contributed by atoms with van der Waals surface area (Å²) >= 11 is 1.45. The summed E-state index contributed by atoms with van der Waals surface area (Å²) in [5, 5.41) is 16.3. The van der Waals surface area contributed by atoms with Crippen LogP contribution in [0.1, 0.15) is 33.8 Å². The highest BCUT2D eigenvalue weighted by molar-refractivity contribution is 7.14. The molecule has 3 aromatic rings. The number of para-hydroxylation sites is 1. The van der Waals surface area contributed by atoms with Crippen molar-refractivity contribution >= 4 is 29.0 Å². The number of ether oxygens (including phenoxy) is 1. The van der Waals surface area contributed by atoms with Gasteiger partial charge in [-0.25, -0.2) is 14.8 Å². The number of nitrogens with zero attached hydrogens (tertiary/aromatic N) is 3. The van der Waals surface area contributed by atoms with E-state index in [1.165, 1.54) is 11.3 Å². The number of carbonyl (C=O) groups is 2. The zero-order chi connectivity index (χ0) is 27.0. The van der Waals surface area contributed by atoms with E-state index >= 15 is 0 Å². The van der Waals surface area contributed by atoms with Crippen LogP contribution in [0.5, 0.6) is 0 Å². The van der Waals surface area contributed by atoms with Crippen molar-refractivity contribution in [3.05, 3.63) is 82.9 Å². The Morgan fingerprint density at radius 1 is 1.00 bits per heavy atom. The van der Waals surface area contributed by atoms with Crippen molar-refractivity contribution in [3.63, 3.8) is 0 Å². The second kappa shape index (κ2) is 13.2. The molecule has 3 heterocycles. The molecule has 1 atom stereocenters. The van der Waals surface area contributed by atoms with Gasteiger partial charge in [-0.1, -0.05) is 48.5 Å². The quantitative estimate of drug-likeness (QED) is 0.382. The molecule has 9 heteroatoms.